The molecular formula is C33H38O17. The molecule has 0 bridgehead atoms. The van der Waals surface area contributed by atoms with Gasteiger partial charge in [0.2, 0.25) is 23.8 Å². The molecule has 10 unspecified atom stereocenters. The molecule has 3 heterocycles. The number of phenols is 2. The Morgan fingerprint density at radius 3 is 2.16 bits per heavy atom. The van der Waals surface area contributed by atoms with Gasteiger partial charge in [-0.15, -0.1) is 0 Å². The lowest BCUT2D eigenvalue weighted by atomic mass is 9.99. The van der Waals surface area contributed by atoms with Gasteiger partial charge in [-0.1, -0.05) is 13.8 Å². The van der Waals surface area contributed by atoms with Crippen LogP contribution in [-0.2, 0) is 28.5 Å². The first-order chi connectivity index (χ1) is 23.6. The third kappa shape index (κ3) is 7.34. The smallest absolute Gasteiger partial charge is 0.308 e. The minimum absolute atomic E-state index is 0.135. The van der Waals surface area contributed by atoms with Crippen LogP contribution in [0.15, 0.2) is 45.6 Å². The number of esters is 2. The molecule has 1 aromatic heterocycles. The number of hydrogen-bond acceptors (Lipinski definition) is 17. The summed E-state index contributed by atoms with van der Waals surface area (Å²) >= 11 is 0. The molecule has 2 aliphatic heterocycles. The van der Waals surface area contributed by atoms with Crippen LogP contribution in [-0.4, -0.2) is 116 Å². The molecule has 2 fully saturated rings. The van der Waals surface area contributed by atoms with Crippen LogP contribution in [0.2, 0.25) is 0 Å². The highest BCUT2D eigenvalue weighted by molar-refractivity contribution is 5.88. The molecule has 2 aromatic carbocycles. The van der Waals surface area contributed by atoms with Crippen molar-refractivity contribution in [3.05, 3.63) is 46.6 Å². The van der Waals surface area contributed by atoms with E-state index >= 15 is 0 Å². The summed E-state index contributed by atoms with van der Waals surface area (Å²) in [5, 5.41) is 72.8. The quantitative estimate of drug-likeness (QED) is 0.145. The van der Waals surface area contributed by atoms with Gasteiger partial charge in [0.15, 0.2) is 24.1 Å². The van der Waals surface area contributed by atoms with Crippen LogP contribution in [0.1, 0.15) is 27.7 Å². The van der Waals surface area contributed by atoms with Crippen LogP contribution in [0, 0.1) is 5.92 Å². The van der Waals surface area contributed by atoms with Gasteiger partial charge in [-0.3, -0.25) is 14.4 Å². The number of carbonyl (C=O) groups is 2. The Labute approximate surface area is 283 Å². The predicted molar refractivity (Wildman–Crippen MR) is 167 cm³/mol. The number of carbonyl (C=O) groups excluding carboxylic acids is 2. The molecule has 17 nitrogen and oxygen atoms in total. The molecule has 3 aromatic rings. The minimum Gasteiger partial charge on any atom is -0.508 e. The lowest BCUT2D eigenvalue weighted by Crippen LogP contribution is -2.61. The van der Waals surface area contributed by atoms with Crippen LogP contribution < -0.4 is 14.9 Å². The maximum Gasteiger partial charge on any atom is 0.308 e. The average Bonchev–Trinajstić information content (AvgIpc) is 3.06. The van der Waals surface area contributed by atoms with Crippen LogP contribution in [0.25, 0.3) is 22.3 Å². The van der Waals surface area contributed by atoms with E-state index in [1.165, 1.54) is 37.3 Å². The number of ether oxygens (including phenoxy) is 6. The average molecular weight is 707 g/mol. The number of aliphatic hydroxyl groups excluding tert-OH is 5. The van der Waals surface area contributed by atoms with Crippen molar-refractivity contribution in [1.29, 1.82) is 0 Å². The number of aromatic hydroxyl groups is 2. The van der Waals surface area contributed by atoms with Crippen LogP contribution >= 0.6 is 0 Å². The first-order valence-corrected chi connectivity index (χ1v) is 15.6. The molecule has 10 atom stereocenters. The fourth-order valence-electron chi connectivity index (χ4n) is 5.46. The third-order valence-electron chi connectivity index (χ3n) is 8.15. The maximum atomic E-state index is 14.0. The summed E-state index contributed by atoms with van der Waals surface area (Å²) in [5.41, 5.74) is -1.10. The van der Waals surface area contributed by atoms with Crippen molar-refractivity contribution in [2.45, 2.75) is 89.1 Å². The van der Waals surface area contributed by atoms with Crippen LogP contribution in [0.5, 0.6) is 23.0 Å². The molecule has 0 radical (unpaired) electrons. The van der Waals surface area contributed by atoms with Crippen molar-refractivity contribution in [2.75, 3.05) is 6.61 Å². The molecule has 0 amide bonds. The molecule has 5 rings (SSSR count). The van der Waals surface area contributed by atoms with Gasteiger partial charge in [0.1, 0.15) is 52.6 Å². The first-order valence-electron chi connectivity index (χ1n) is 15.6. The largest absolute Gasteiger partial charge is 0.508 e. The van der Waals surface area contributed by atoms with Gasteiger partial charge in [-0.25, -0.2) is 0 Å². The molecule has 272 valence electrons. The standard InChI is InChI=1S/C33H38O17/c1-12(2)31(43)49-30-25(41)22(38)13(3)44-33(30)46-17-9-18(37)21-19(10-17)47-27(15-5-7-16(36)8-6-15)29(24(21)40)50-32-26(42)28(45-14(4)35)23(39)20(11-34)48-32/h5-10,12-13,20,22-23,25-26,28,30,32-34,36-39,41-42H,11H2,1-4H3. The van der Waals surface area contributed by atoms with Crippen LogP contribution in [0.4, 0.5) is 0 Å². The van der Waals surface area contributed by atoms with E-state index in [1.807, 2.05) is 0 Å². The number of phenolic OH excluding ortho intramolecular Hbond substituents is 2. The number of rotatable bonds is 9. The second-order valence-corrected chi connectivity index (χ2v) is 12.2. The molecule has 2 aliphatic rings. The Morgan fingerprint density at radius 1 is 0.860 bits per heavy atom. The molecular weight excluding hydrogens is 668 g/mol. The summed E-state index contributed by atoms with van der Waals surface area (Å²) in [6.07, 6.45) is -15.4. The van der Waals surface area contributed by atoms with E-state index in [9.17, 15) is 50.1 Å². The Hall–Kier alpha value is -4.49. The van der Waals surface area contributed by atoms with E-state index in [2.05, 4.69) is 0 Å². The predicted octanol–water partition coefficient (Wildman–Crippen LogP) is 0.0339. The highest BCUT2D eigenvalue weighted by Crippen LogP contribution is 2.39. The van der Waals surface area contributed by atoms with Gasteiger partial charge in [0.05, 0.1) is 18.6 Å². The van der Waals surface area contributed by atoms with Gasteiger partial charge in [0.25, 0.3) is 0 Å². The van der Waals surface area contributed by atoms with Crippen molar-refractivity contribution < 1.29 is 78.2 Å². The Bertz CT molecular complexity index is 1750. The van der Waals surface area contributed by atoms with E-state index < -0.39 is 108 Å². The summed E-state index contributed by atoms with van der Waals surface area (Å²) in [7, 11) is 0. The van der Waals surface area contributed by atoms with E-state index in [4.69, 9.17) is 32.8 Å². The van der Waals surface area contributed by atoms with Crippen molar-refractivity contribution >= 4 is 22.9 Å². The third-order valence-corrected chi connectivity index (χ3v) is 8.15. The van der Waals surface area contributed by atoms with E-state index in [1.54, 1.807) is 13.8 Å². The summed E-state index contributed by atoms with van der Waals surface area (Å²) in [4.78, 5) is 38.1. The molecule has 7 N–H and O–H groups in total. The SMILES string of the molecule is CC(=O)OC1C(O)C(CO)OC(Oc2c(-c3ccc(O)cc3)oc3cc(OC4OC(C)C(O)C(O)C4OC(=O)C(C)C)cc(O)c3c2=O)C1O. The maximum absolute atomic E-state index is 14.0. The fourth-order valence-corrected chi connectivity index (χ4v) is 5.46. The topological polar surface area (TPSA) is 261 Å². The number of aliphatic hydroxyl groups is 5. The van der Waals surface area contributed by atoms with Crippen LogP contribution in [0.3, 0.4) is 0 Å². The molecule has 50 heavy (non-hydrogen) atoms. The lowest BCUT2D eigenvalue weighted by Gasteiger charge is -2.41. The molecule has 0 saturated carbocycles. The van der Waals surface area contributed by atoms with Crippen molar-refractivity contribution in [2.24, 2.45) is 5.92 Å². The second kappa shape index (κ2) is 14.8. The van der Waals surface area contributed by atoms with Gasteiger partial charge in [-0.05, 0) is 31.2 Å². The molecule has 0 spiro atoms. The van der Waals surface area contributed by atoms with Gasteiger partial charge >= 0.3 is 11.9 Å². The van der Waals surface area contributed by atoms with Gasteiger partial charge in [0, 0.05) is 24.6 Å². The summed E-state index contributed by atoms with van der Waals surface area (Å²) in [6, 6.07) is 7.49. The van der Waals surface area contributed by atoms with E-state index in [0.717, 1.165) is 13.0 Å². The highest BCUT2D eigenvalue weighted by atomic mass is 16.7. The zero-order chi connectivity index (χ0) is 36.6. The monoisotopic (exact) mass is 706 g/mol. The zero-order valence-corrected chi connectivity index (χ0v) is 27.2. The van der Waals surface area contributed by atoms with E-state index in [0.29, 0.717) is 0 Å². The summed E-state index contributed by atoms with van der Waals surface area (Å²) in [5.74, 6) is -4.10. The van der Waals surface area contributed by atoms with Gasteiger partial charge in [-0.2, -0.15) is 0 Å². The Kier molecular flexibility index (Phi) is 10.9. The highest BCUT2D eigenvalue weighted by Gasteiger charge is 2.49. The minimum atomic E-state index is -1.88. The van der Waals surface area contributed by atoms with Crippen molar-refractivity contribution in [3.63, 3.8) is 0 Å². The second-order valence-electron chi connectivity index (χ2n) is 12.2. The van der Waals surface area contributed by atoms with E-state index in [-0.39, 0.29) is 28.4 Å². The summed E-state index contributed by atoms with van der Waals surface area (Å²) in [6.45, 7) is 4.83. The molecule has 0 aliphatic carbocycles. The fraction of sp³-hybridized carbons (Fsp3) is 0.485. The Balaban J connectivity index is 1.58. The first kappa shape index (κ1) is 36.8. The lowest BCUT2D eigenvalue weighted by molar-refractivity contribution is -0.281. The normalized spacial score (nSPS) is 29.8. The van der Waals surface area contributed by atoms with Gasteiger partial charge < -0.3 is 68.6 Å². The number of fused-ring (bicyclic) bond motifs is 1. The summed E-state index contributed by atoms with van der Waals surface area (Å²) < 4.78 is 39.3. The molecule has 2 saturated heterocycles. The number of benzene rings is 2. The number of hydrogen-bond donors (Lipinski definition) is 7. The van der Waals surface area contributed by atoms with Crippen molar-refractivity contribution in [3.8, 4) is 34.3 Å². The zero-order valence-electron chi connectivity index (χ0n) is 27.2. The Morgan fingerprint density at radius 2 is 1.54 bits per heavy atom. The van der Waals surface area contributed by atoms with Crippen molar-refractivity contribution in [1.82, 2.24) is 0 Å². The molecule has 17 heteroatoms.